The number of benzene rings is 1. The lowest BCUT2D eigenvalue weighted by molar-refractivity contribution is -0.159. The molecule has 0 aromatic heterocycles. The van der Waals surface area contributed by atoms with E-state index >= 15 is 0 Å². The second kappa shape index (κ2) is 8.30. The van der Waals surface area contributed by atoms with Crippen LogP contribution in [0.5, 0.6) is 5.75 Å². The van der Waals surface area contributed by atoms with Crippen molar-refractivity contribution in [2.24, 2.45) is 0 Å². The van der Waals surface area contributed by atoms with Crippen LogP contribution in [0.4, 0.5) is 0 Å². The number of carbonyl (C=O) groups is 2. The van der Waals surface area contributed by atoms with E-state index in [1.807, 2.05) is 0 Å². The van der Waals surface area contributed by atoms with Crippen molar-refractivity contribution >= 4 is 21.7 Å². The smallest absolute Gasteiger partial charge is 0.334 e. The van der Waals surface area contributed by atoms with Crippen molar-refractivity contribution in [3.05, 3.63) is 24.3 Å². The molecule has 1 aromatic rings. The molecule has 1 amide bonds. The molecule has 0 bridgehead atoms. The van der Waals surface area contributed by atoms with Crippen molar-refractivity contribution in [3.63, 3.8) is 0 Å². The van der Waals surface area contributed by atoms with E-state index in [2.05, 4.69) is 0 Å². The van der Waals surface area contributed by atoms with E-state index < -0.39 is 21.9 Å². The molecule has 1 saturated heterocycles. The maximum absolute atomic E-state index is 12.1. The highest BCUT2D eigenvalue weighted by molar-refractivity contribution is 7.90. The van der Waals surface area contributed by atoms with E-state index in [0.29, 0.717) is 25.3 Å². The van der Waals surface area contributed by atoms with Gasteiger partial charge in [0, 0.05) is 19.2 Å². The molecule has 138 valence electrons. The molecule has 0 spiro atoms. The van der Waals surface area contributed by atoms with E-state index in [-0.39, 0.29) is 30.4 Å². The van der Waals surface area contributed by atoms with Gasteiger partial charge in [0.15, 0.2) is 15.9 Å². The first kappa shape index (κ1) is 19.2. The third-order valence-corrected chi connectivity index (χ3v) is 4.88. The summed E-state index contributed by atoms with van der Waals surface area (Å²) in [7, 11) is -3.24. The molecule has 0 radical (unpaired) electrons. The first-order chi connectivity index (χ1) is 11.8. The minimum Gasteiger partial charge on any atom is -0.494 e. The Bertz CT molecular complexity index is 715. The molecule has 2 rings (SSSR count). The predicted molar refractivity (Wildman–Crippen MR) is 88.2 cm³/mol. The van der Waals surface area contributed by atoms with Gasteiger partial charge in [-0.15, -0.1) is 0 Å². The average Bonchev–Trinajstić information content (AvgIpc) is 2.58. The van der Waals surface area contributed by atoms with Crippen LogP contribution in [0, 0.1) is 0 Å². The summed E-state index contributed by atoms with van der Waals surface area (Å²) in [4.78, 5) is 24.7. The van der Waals surface area contributed by atoms with Crippen molar-refractivity contribution in [2.45, 2.75) is 23.8 Å². The highest BCUT2D eigenvalue weighted by Crippen LogP contribution is 2.16. The van der Waals surface area contributed by atoms with Crippen LogP contribution in [-0.2, 0) is 24.2 Å². The third kappa shape index (κ3) is 5.71. The number of carboxylic acids is 1. The molecule has 1 heterocycles. The van der Waals surface area contributed by atoms with E-state index in [0.717, 1.165) is 6.26 Å². The number of rotatable bonds is 7. The molecule has 1 N–H and O–H groups in total. The van der Waals surface area contributed by atoms with Crippen LogP contribution in [0.1, 0.15) is 12.8 Å². The molecule has 0 aliphatic carbocycles. The van der Waals surface area contributed by atoms with Crippen LogP contribution in [0.25, 0.3) is 0 Å². The lowest BCUT2D eigenvalue weighted by atomic mass is 10.2. The first-order valence-electron chi connectivity index (χ1n) is 7.82. The summed E-state index contributed by atoms with van der Waals surface area (Å²) >= 11 is 0. The van der Waals surface area contributed by atoms with Crippen LogP contribution in [0.2, 0.25) is 0 Å². The number of aliphatic carboxylic acids is 1. The minimum absolute atomic E-state index is 0.0575. The Morgan fingerprint density at radius 2 is 2.00 bits per heavy atom. The minimum atomic E-state index is -3.24. The number of amides is 1. The summed E-state index contributed by atoms with van der Waals surface area (Å²) in [5, 5.41) is 8.93. The number of carboxylic acid groups (broad SMARTS) is 1. The number of carbonyl (C=O) groups excluding carboxylic acids is 1. The van der Waals surface area contributed by atoms with Gasteiger partial charge in [0.1, 0.15) is 5.75 Å². The Kier molecular flexibility index (Phi) is 6.38. The van der Waals surface area contributed by atoms with Gasteiger partial charge < -0.3 is 19.5 Å². The fourth-order valence-electron chi connectivity index (χ4n) is 2.38. The number of hydrogen-bond donors (Lipinski definition) is 1. The summed E-state index contributed by atoms with van der Waals surface area (Å²) < 4.78 is 33.3. The SMILES string of the molecule is CS(=O)(=O)c1ccc(OCCCC(=O)N2CCOC(C(=O)O)C2)cc1. The van der Waals surface area contributed by atoms with Gasteiger partial charge in [0.2, 0.25) is 5.91 Å². The average molecular weight is 371 g/mol. The Morgan fingerprint density at radius 3 is 2.60 bits per heavy atom. The van der Waals surface area contributed by atoms with Gasteiger partial charge in [-0.1, -0.05) is 0 Å². The highest BCUT2D eigenvalue weighted by atomic mass is 32.2. The summed E-state index contributed by atoms with van der Waals surface area (Å²) in [6.45, 7) is 0.959. The van der Waals surface area contributed by atoms with Crippen molar-refractivity contribution in [2.75, 3.05) is 32.6 Å². The number of ether oxygens (including phenoxy) is 2. The molecule has 1 aliphatic heterocycles. The Morgan fingerprint density at radius 1 is 1.32 bits per heavy atom. The molecule has 25 heavy (non-hydrogen) atoms. The van der Waals surface area contributed by atoms with Gasteiger partial charge in [-0.3, -0.25) is 4.79 Å². The molecular formula is C16H21NO7S. The van der Waals surface area contributed by atoms with Gasteiger partial charge in [0.05, 0.1) is 24.7 Å². The van der Waals surface area contributed by atoms with Crippen molar-refractivity contribution < 1.29 is 32.6 Å². The molecule has 1 aromatic carbocycles. The van der Waals surface area contributed by atoms with E-state index in [4.69, 9.17) is 14.6 Å². The lowest BCUT2D eigenvalue weighted by Gasteiger charge is -2.30. The second-order valence-electron chi connectivity index (χ2n) is 5.73. The standard InChI is InChI=1S/C16H21NO7S/c1-25(21,22)13-6-4-12(5-7-13)23-9-2-3-15(18)17-8-10-24-14(11-17)16(19)20/h4-7,14H,2-3,8-11H2,1H3,(H,19,20). The Hall–Kier alpha value is -2.13. The van der Waals surface area contributed by atoms with Crippen LogP contribution >= 0.6 is 0 Å². The summed E-state index contributed by atoms with van der Waals surface area (Å²) in [5.74, 6) is -0.680. The second-order valence-corrected chi connectivity index (χ2v) is 7.75. The van der Waals surface area contributed by atoms with Crippen LogP contribution < -0.4 is 4.74 Å². The number of nitrogens with zero attached hydrogens (tertiary/aromatic N) is 1. The normalized spacial score (nSPS) is 18.0. The zero-order valence-corrected chi connectivity index (χ0v) is 14.7. The Balaban J connectivity index is 1.73. The van der Waals surface area contributed by atoms with E-state index in [9.17, 15) is 18.0 Å². The van der Waals surface area contributed by atoms with E-state index in [1.165, 1.54) is 17.0 Å². The molecule has 1 fully saturated rings. The number of sulfone groups is 1. The molecule has 8 nitrogen and oxygen atoms in total. The van der Waals surface area contributed by atoms with E-state index in [1.54, 1.807) is 12.1 Å². The van der Waals surface area contributed by atoms with Crippen molar-refractivity contribution in [1.29, 1.82) is 0 Å². The van der Waals surface area contributed by atoms with Crippen LogP contribution in [-0.4, -0.2) is 69.0 Å². The highest BCUT2D eigenvalue weighted by Gasteiger charge is 2.28. The topological polar surface area (TPSA) is 110 Å². The van der Waals surface area contributed by atoms with Crippen molar-refractivity contribution in [3.8, 4) is 5.75 Å². The van der Waals surface area contributed by atoms with Crippen LogP contribution in [0.3, 0.4) is 0 Å². The van der Waals surface area contributed by atoms with Gasteiger partial charge in [0.25, 0.3) is 0 Å². The first-order valence-corrected chi connectivity index (χ1v) is 9.71. The number of morpholine rings is 1. The molecule has 1 aliphatic rings. The van der Waals surface area contributed by atoms with Crippen LogP contribution in [0.15, 0.2) is 29.2 Å². The third-order valence-electron chi connectivity index (χ3n) is 3.75. The van der Waals surface area contributed by atoms with Gasteiger partial charge in [-0.05, 0) is 30.7 Å². The zero-order chi connectivity index (χ0) is 18.4. The quantitative estimate of drug-likeness (QED) is 0.697. The number of hydrogen-bond acceptors (Lipinski definition) is 6. The summed E-state index contributed by atoms with van der Waals surface area (Å²) in [6, 6.07) is 6.07. The fraction of sp³-hybridized carbons (Fsp3) is 0.500. The molecule has 0 saturated carbocycles. The lowest BCUT2D eigenvalue weighted by Crippen LogP contribution is -2.48. The van der Waals surface area contributed by atoms with Gasteiger partial charge >= 0.3 is 5.97 Å². The molecule has 9 heteroatoms. The molecule has 1 unspecified atom stereocenters. The molecule has 1 atom stereocenters. The monoisotopic (exact) mass is 371 g/mol. The van der Waals surface area contributed by atoms with Crippen molar-refractivity contribution in [1.82, 2.24) is 4.90 Å². The summed E-state index contributed by atoms with van der Waals surface area (Å²) in [5.41, 5.74) is 0. The maximum atomic E-state index is 12.1. The maximum Gasteiger partial charge on any atom is 0.334 e. The fourth-order valence-corrected chi connectivity index (χ4v) is 3.01. The zero-order valence-electron chi connectivity index (χ0n) is 13.9. The van der Waals surface area contributed by atoms with Gasteiger partial charge in [-0.2, -0.15) is 0 Å². The largest absolute Gasteiger partial charge is 0.494 e. The molecular weight excluding hydrogens is 350 g/mol. The summed E-state index contributed by atoms with van der Waals surface area (Å²) in [6.07, 6.45) is 0.882. The predicted octanol–water partition coefficient (Wildman–Crippen LogP) is 0.561. The van der Waals surface area contributed by atoms with Gasteiger partial charge in [-0.25, -0.2) is 13.2 Å². The Labute approximate surface area is 146 Å².